The van der Waals surface area contributed by atoms with E-state index in [9.17, 15) is 28.1 Å². The highest BCUT2D eigenvalue weighted by atomic mass is 32.2. The minimum atomic E-state index is -4.26. The first-order chi connectivity index (χ1) is 18.6. The number of ether oxygens (including phenoxy) is 1. The molecule has 11 nitrogen and oxygen atoms in total. The Morgan fingerprint density at radius 3 is 2.26 bits per heavy atom. The summed E-state index contributed by atoms with van der Waals surface area (Å²) in [5.74, 6) is -0.472. The molecule has 39 heavy (non-hydrogen) atoms. The Bertz CT molecular complexity index is 1410. The summed E-state index contributed by atoms with van der Waals surface area (Å²) in [6.07, 6.45) is 0.276. The molecule has 0 spiro atoms. The lowest BCUT2D eigenvalue weighted by Gasteiger charge is -2.33. The molecule has 1 atom stereocenters. The number of non-ortho nitro benzene ring substituents is 1. The lowest BCUT2D eigenvalue weighted by atomic mass is 10.1. The second-order valence-electron chi connectivity index (χ2n) is 8.51. The smallest absolute Gasteiger partial charge is 0.269 e. The van der Waals surface area contributed by atoms with Crippen LogP contribution in [0.4, 0.5) is 11.4 Å². The van der Waals surface area contributed by atoms with Gasteiger partial charge in [-0.05, 0) is 48.4 Å². The van der Waals surface area contributed by atoms with Gasteiger partial charge in [0.25, 0.3) is 15.7 Å². The molecule has 3 aromatic rings. The number of nitro groups is 1. The largest absolute Gasteiger partial charge is 0.497 e. The lowest BCUT2D eigenvalue weighted by Crippen LogP contribution is -2.51. The molecule has 0 aliphatic carbocycles. The van der Waals surface area contributed by atoms with Crippen LogP contribution in [0.5, 0.6) is 5.75 Å². The zero-order chi connectivity index (χ0) is 28.6. The number of nitro benzene ring substituents is 1. The van der Waals surface area contributed by atoms with Crippen molar-refractivity contribution in [1.82, 2.24) is 10.2 Å². The number of rotatable bonds is 12. The van der Waals surface area contributed by atoms with E-state index in [1.807, 2.05) is 0 Å². The number of amides is 2. The molecular weight excluding hydrogens is 524 g/mol. The van der Waals surface area contributed by atoms with E-state index in [1.165, 1.54) is 55.5 Å². The molecule has 0 heterocycles. The van der Waals surface area contributed by atoms with Gasteiger partial charge in [0.1, 0.15) is 18.3 Å². The van der Waals surface area contributed by atoms with E-state index in [0.29, 0.717) is 11.3 Å². The molecule has 0 saturated carbocycles. The first kappa shape index (κ1) is 29.1. The van der Waals surface area contributed by atoms with Crippen molar-refractivity contribution in [3.63, 3.8) is 0 Å². The van der Waals surface area contributed by atoms with Crippen molar-refractivity contribution in [2.24, 2.45) is 0 Å². The Kier molecular flexibility index (Phi) is 9.61. The molecule has 0 aliphatic heterocycles. The second-order valence-corrected chi connectivity index (χ2v) is 10.4. The average molecular weight is 555 g/mol. The van der Waals surface area contributed by atoms with Crippen LogP contribution in [-0.2, 0) is 26.2 Å². The van der Waals surface area contributed by atoms with Crippen LogP contribution in [0.3, 0.4) is 0 Å². The number of anilines is 1. The number of methoxy groups -OCH3 is 1. The Hall–Kier alpha value is -4.45. The summed E-state index contributed by atoms with van der Waals surface area (Å²) >= 11 is 0. The minimum absolute atomic E-state index is 0.0153. The zero-order valence-corrected chi connectivity index (χ0v) is 22.6. The van der Waals surface area contributed by atoms with Gasteiger partial charge in [-0.15, -0.1) is 0 Å². The molecule has 0 fully saturated rings. The van der Waals surface area contributed by atoms with Crippen molar-refractivity contribution in [1.29, 1.82) is 0 Å². The van der Waals surface area contributed by atoms with Gasteiger partial charge in [0.15, 0.2) is 0 Å². The monoisotopic (exact) mass is 554 g/mol. The fourth-order valence-electron chi connectivity index (χ4n) is 4.04. The molecule has 2 amide bonds. The van der Waals surface area contributed by atoms with E-state index in [1.54, 1.807) is 49.4 Å². The number of nitrogens with one attached hydrogen (secondary N) is 1. The Balaban J connectivity index is 2.07. The number of hydrogen-bond acceptors (Lipinski definition) is 7. The van der Waals surface area contributed by atoms with Crippen molar-refractivity contribution in [2.45, 2.75) is 30.8 Å². The van der Waals surface area contributed by atoms with Crippen LogP contribution in [-0.4, -0.2) is 56.8 Å². The van der Waals surface area contributed by atoms with Gasteiger partial charge in [0.05, 0.1) is 22.6 Å². The summed E-state index contributed by atoms with van der Waals surface area (Å²) in [5, 5.41) is 13.7. The van der Waals surface area contributed by atoms with Gasteiger partial charge in [0.2, 0.25) is 11.8 Å². The number of hydrogen-bond donors (Lipinski definition) is 1. The quantitative estimate of drug-likeness (QED) is 0.268. The second kappa shape index (κ2) is 12.9. The maximum atomic E-state index is 13.9. The summed E-state index contributed by atoms with van der Waals surface area (Å²) in [5.41, 5.74) is 0.512. The lowest BCUT2D eigenvalue weighted by molar-refractivity contribution is -0.384. The number of carbonyl (C=O) groups is 2. The van der Waals surface area contributed by atoms with Crippen LogP contribution in [0.2, 0.25) is 0 Å². The van der Waals surface area contributed by atoms with Gasteiger partial charge in [0, 0.05) is 25.7 Å². The normalized spacial score (nSPS) is 11.8. The number of likely N-dealkylation sites (N-methyl/N-ethyl adjacent to an activating group) is 1. The van der Waals surface area contributed by atoms with Gasteiger partial charge in [-0.3, -0.25) is 24.0 Å². The summed E-state index contributed by atoms with van der Waals surface area (Å²) in [7, 11) is -1.29. The maximum Gasteiger partial charge on any atom is 0.269 e. The van der Waals surface area contributed by atoms with Crippen LogP contribution >= 0.6 is 0 Å². The third-order valence-corrected chi connectivity index (χ3v) is 7.87. The molecule has 0 aromatic heterocycles. The van der Waals surface area contributed by atoms with E-state index in [2.05, 4.69) is 5.32 Å². The predicted molar refractivity (Wildman–Crippen MR) is 146 cm³/mol. The van der Waals surface area contributed by atoms with E-state index < -0.39 is 39.3 Å². The van der Waals surface area contributed by atoms with Crippen LogP contribution in [0.25, 0.3) is 0 Å². The predicted octanol–water partition coefficient (Wildman–Crippen LogP) is 3.35. The van der Waals surface area contributed by atoms with Crippen molar-refractivity contribution in [3.05, 3.63) is 94.5 Å². The number of carbonyl (C=O) groups excluding carboxylic acids is 2. The molecule has 0 saturated heterocycles. The third kappa shape index (κ3) is 6.90. The van der Waals surface area contributed by atoms with E-state index >= 15 is 0 Å². The molecule has 0 aliphatic rings. The highest BCUT2D eigenvalue weighted by Gasteiger charge is 2.33. The van der Waals surface area contributed by atoms with Crippen molar-refractivity contribution in [3.8, 4) is 5.75 Å². The van der Waals surface area contributed by atoms with Crippen LogP contribution in [0.1, 0.15) is 18.9 Å². The Labute approximate surface area is 227 Å². The minimum Gasteiger partial charge on any atom is -0.497 e. The molecule has 3 aromatic carbocycles. The van der Waals surface area contributed by atoms with Gasteiger partial charge < -0.3 is 15.0 Å². The fourth-order valence-corrected chi connectivity index (χ4v) is 5.48. The summed E-state index contributed by atoms with van der Waals surface area (Å²) in [6, 6.07) is 18.5. The maximum absolute atomic E-state index is 13.9. The number of benzene rings is 3. The van der Waals surface area contributed by atoms with Gasteiger partial charge in [-0.1, -0.05) is 37.3 Å². The molecule has 1 N–H and O–H groups in total. The molecule has 1 unspecified atom stereocenters. The van der Waals surface area contributed by atoms with E-state index in [-0.39, 0.29) is 29.2 Å². The summed E-state index contributed by atoms with van der Waals surface area (Å²) in [4.78, 5) is 38.4. The van der Waals surface area contributed by atoms with Crippen molar-refractivity contribution >= 4 is 33.2 Å². The van der Waals surface area contributed by atoms with Crippen LogP contribution < -0.4 is 14.4 Å². The van der Waals surface area contributed by atoms with Crippen molar-refractivity contribution in [2.75, 3.05) is 25.0 Å². The summed E-state index contributed by atoms with van der Waals surface area (Å²) < 4.78 is 33.6. The SMILES string of the molecule is CCC(C(=O)NC)N(Cc1cccc(OC)c1)C(=O)CN(c1ccc([N+](=O)[O-])cc1)S(=O)(=O)c1ccccc1. The zero-order valence-electron chi connectivity index (χ0n) is 21.8. The Morgan fingerprint density at radius 2 is 1.69 bits per heavy atom. The highest BCUT2D eigenvalue weighted by molar-refractivity contribution is 7.92. The Morgan fingerprint density at radius 1 is 1.03 bits per heavy atom. The standard InChI is InChI=1S/C27H30N4O7S/c1-4-25(27(33)28-2)29(18-20-9-8-10-23(17-20)38-3)26(32)19-30(21-13-15-22(16-14-21)31(34)35)39(36,37)24-11-6-5-7-12-24/h5-17,25H,4,18-19H2,1-3H3,(H,28,33). The molecular formula is C27H30N4O7S. The molecule has 12 heteroatoms. The van der Waals surface area contributed by atoms with Gasteiger partial charge in [-0.25, -0.2) is 8.42 Å². The average Bonchev–Trinajstić information content (AvgIpc) is 2.96. The van der Waals surface area contributed by atoms with Gasteiger partial charge >= 0.3 is 0 Å². The molecule has 0 radical (unpaired) electrons. The van der Waals surface area contributed by atoms with Crippen LogP contribution in [0.15, 0.2) is 83.8 Å². The molecule has 0 bridgehead atoms. The topological polar surface area (TPSA) is 139 Å². The fraction of sp³-hybridized carbons (Fsp3) is 0.259. The summed E-state index contributed by atoms with van der Waals surface area (Å²) in [6.45, 7) is 1.12. The highest BCUT2D eigenvalue weighted by Crippen LogP contribution is 2.27. The van der Waals surface area contributed by atoms with E-state index in [4.69, 9.17) is 4.74 Å². The van der Waals surface area contributed by atoms with Crippen LogP contribution in [0, 0.1) is 10.1 Å². The number of nitrogens with zero attached hydrogens (tertiary/aromatic N) is 3. The van der Waals surface area contributed by atoms with Gasteiger partial charge in [-0.2, -0.15) is 0 Å². The third-order valence-electron chi connectivity index (χ3n) is 6.08. The van der Waals surface area contributed by atoms with Crippen molar-refractivity contribution < 1.29 is 27.7 Å². The molecule has 3 rings (SSSR count). The number of sulfonamides is 1. The van der Waals surface area contributed by atoms with E-state index in [0.717, 1.165) is 4.31 Å². The first-order valence-corrected chi connectivity index (χ1v) is 13.5. The molecule has 206 valence electrons. The first-order valence-electron chi connectivity index (χ1n) is 12.1.